The van der Waals surface area contributed by atoms with Crippen LogP contribution in [-0.4, -0.2) is 88.4 Å². The summed E-state index contributed by atoms with van der Waals surface area (Å²) in [5, 5.41) is 12.8. The number of nitrogens with one attached hydrogen (secondary N) is 4. The van der Waals surface area contributed by atoms with E-state index < -0.39 is 99.5 Å². The standard InChI is InChI=1S/C50H66FN5O11/c1-46(2,3)65-42(61)41(60)54-36(29-31-22-24-34(25-23-31)50(51,44(63)66-47(4,5)6)45(64)67-48(7,8)9)40(59)56-49(26-13-10-14-27-49)43(62)55-37(30-38(52)57)39(58)53-28-16-20-33-19-15-18-32-17-11-12-21-35(32)33/h11-12,15,17-19,21-25,36-37H,10,13-14,16,20,26-30H2,1-9H3,(H2,52,57)(H,53,58)(H,54,60)(H,55,62)(H,56,59)/t36-,37-/m0/s1. The molecule has 0 unspecified atom stereocenters. The lowest BCUT2D eigenvalue weighted by Gasteiger charge is -2.38. The summed E-state index contributed by atoms with van der Waals surface area (Å²) in [7, 11) is 0. The molecule has 0 spiro atoms. The second-order valence-electron chi connectivity index (χ2n) is 20.0. The maximum absolute atomic E-state index is 16.9. The number of aryl methyl sites for hydroxylation is 1. The summed E-state index contributed by atoms with van der Waals surface area (Å²) in [6, 6.07) is 15.9. The van der Waals surface area contributed by atoms with Gasteiger partial charge in [0.25, 0.3) is 0 Å². The Labute approximate surface area is 391 Å². The Morgan fingerprint density at radius 3 is 1.82 bits per heavy atom. The summed E-state index contributed by atoms with van der Waals surface area (Å²) in [5.41, 5.74) is -1.99. The van der Waals surface area contributed by atoms with E-state index in [9.17, 15) is 38.4 Å². The van der Waals surface area contributed by atoms with Crippen LogP contribution in [0.15, 0.2) is 66.7 Å². The van der Waals surface area contributed by atoms with Crippen molar-refractivity contribution in [2.24, 2.45) is 5.73 Å². The molecule has 1 aliphatic carbocycles. The molecule has 17 heteroatoms. The zero-order chi connectivity index (χ0) is 50.0. The third-order valence-corrected chi connectivity index (χ3v) is 10.7. The molecule has 67 heavy (non-hydrogen) atoms. The molecule has 16 nitrogen and oxygen atoms in total. The van der Waals surface area contributed by atoms with E-state index >= 15 is 4.39 Å². The monoisotopic (exact) mass is 931 g/mol. The van der Waals surface area contributed by atoms with Crippen LogP contribution in [0.5, 0.6) is 0 Å². The lowest BCUT2D eigenvalue weighted by molar-refractivity contribution is -0.188. The SMILES string of the molecule is CC(C)(C)OC(=O)C(=O)N[C@@H](Cc1ccc(C(F)(C(=O)OC(C)(C)C)C(=O)OC(C)(C)C)cc1)C(=O)NC1(C(=O)N[C@@H](CC(N)=O)C(=O)NCCCc2cccc3ccccc23)CCCCC1. The van der Waals surface area contributed by atoms with Gasteiger partial charge in [0.05, 0.1) is 6.42 Å². The molecule has 0 aliphatic heterocycles. The van der Waals surface area contributed by atoms with Crippen LogP contribution in [0.3, 0.4) is 0 Å². The molecule has 1 saturated carbocycles. The first-order valence-electron chi connectivity index (χ1n) is 22.6. The predicted octanol–water partition coefficient (Wildman–Crippen LogP) is 4.99. The fourth-order valence-corrected chi connectivity index (χ4v) is 7.59. The highest BCUT2D eigenvalue weighted by molar-refractivity contribution is 6.33. The Morgan fingerprint density at radius 2 is 1.25 bits per heavy atom. The van der Waals surface area contributed by atoms with E-state index in [4.69, 9.17) is 19.9 Å². The first-order chi connectivity index (χ1) is 31.1. The lowest BCUT2D eigenvalue weighted by Crippen LogP contribution is -2.65. The summed E-state index contributed by atoms with van der Waals surface area (Å²) in [5.74, 6) is -8.74. The number of ether oxygens (including phenoxy) is 3. The van der Waals surface area contributed by atoms with E-state index in [2.05, 4.69) is 21.3 Å². The van der Waals surface area contributed by atoms with Gasteiger partial charge < -0.3 is 41.2 Å². The van der Waals surface area contributed by atoms with Crippen molar-refractivity contribution in [3.63, 3.8) is 0 Å². The minimum Gasteiger partial charge on any atom is -0.457 e. The Hall–Kier alpha value is -6.39. The quantitative estimate of drug-likeness (QED) is 0.0398. The first kappa shape index (κ1) is 53.2. The molecule has 0 saturated heterocycles. The van der Waals surface area contributed by atoms with Gasteiger partial charge in [-0.25, -0.2) is 18.8 Å². The molecular formula is C50H66FN5O11. The topological polar surface area (TPSA) is 238 Å². The number of fused-ring (bicyclic) bond motifs is 1. The van der Waals surface area contributed by atoms with Gasteiger partial charge in [-0.05, 0) is 110 Å². The van der Waals surface area contributed by atoms with Gasteiger partial charge in [0.1, 0.15) is 34.4 Å². The molecule has 4 rings (SSSR count). The van der Waals surface area contributed by atoms with Crippen molar-refractivity contribution in [2.45, 2.75) is 160 Å². The number of hydrogen-bond donors (Lipinski definition) is 5. The van der Waals surface area contributed by atoms with E-state index in [1.165, 1.54) is 53.7 Å². The molecule has 0 aromatic heterocycles. The van der Waals surface area contributed by atoms with Crippen molar-refractivity contribution < 1.29 is 57.0 Å². The van der Waals surface area contributed by atoms with Crippen LogP contribution < -0.4 is 27.0 Å². The molecule has 5 amide bonds. The van der Waals surface area contributed by atoms with Gasteiger partial charge in [0.2, 0.25) is 23.6 Å². The molecule has 1 fully saturated rings. The molecule has 3 aromatic carbocycles. The second kappa shape index (κ2) is 21.9. The number of carbonyl (C=O) groups is 8. The molecule has 364 valence electrons. The Balaban J connectivity index is 1.59. The van der Waals surface area contributed by atoms with Gasteiger partial charge in [0, 0.05) is 18.5 Å². The van der Waals surface area contributed by atoms with Crippen LogP contribution in [0.2, 0.25) is 0 Å². The van der Waals surface area contributed by atoms with Gasteiger partial charge in [0.15, 0.2) is 0 Å². The molecule has 0 heterocycles. The van der Waals surface area contributed by atoms with Crippen LogP contribution >= 0.6 is 0 Å². The molecule has 1 aliphatic rings. The normalized spacial score (nSPS) is 15.0. The molecule has 3 aromatic rings. The number of alkyl halides is 1. The fraction of sp³-hybridized carbons (Fsp3) is 0.520. The van der Waals surface area contributed by atoms with E-state index in [-0.39, 0.29) is 31.4 Å². The van der Waals surface area contributed by atoms with Crippen molar-refractivity contribution in [2.75, 3.05) is 6.54 Å². The maximum Gasteiger partial charge on any atom is 0.397 e. The van der Waals surface area contributed by atoms with Crippen molar-refractivity contribution >= 4 is 58.2 Å². The average molecular weight is 932 g/mol. The van der Waals surface area contributed by atoms with Crippen molar-refractivity contribution in [1.29, 1.82) is 0 Å². The van der Waals surface area contributed by atoms with Crippen LogP contribution in [0, 0.1) is 0 Å². The number of nitrogens with two attached hydrogens (primary N) is 1. The van der Waals surface area contributed by atoms with E-state index in [0.29, 0.717) is 25.7 Å². The number of esters is 3. The minimum absolute atomic E-state index is 0.121. The number of halogens is 1. The smallest absolute Gasteiger partial charge is 0.397 e. The van der Waals surface area contributed by atoms with Crippen LogP contribution in [0.1, 0.15) is 124 Å². The second-order valence-corrected chi connectivity index (χ2v) is 20.0. The van der Waals surface area contributed by atoms with Crippen molar-refractivity contribution in [1.82, 2.24) is 21.3 Å². The number of benzene rings is 3. The predicted molar refractivity (Wildman–Crippen MR) is 247 cm³/mol. The van der Waals surface area contributed by atoms with Crippen molar-refractivity contribution in [3.05, 3.63) is 83.4 Å². The molecule has 0 radical (unpaired) electrons. The van der Waals surface area contributed by atoms with Crippen molar-refractivity contribution in [3.8, 4) is 0 Å². The fourth-order valence-electron chi connectivity index (χ4n) is 7.59. The Kier molecular flexibility index (Phi) is 17.4. The highest BCUT2D eigenvalue weighted by atomic mass is 19.1. The number of hydrogen-bond acceptors (Lipinski definition) is 11. The number of rotatable bonds is 17. The lowest BCUT2D eigenvalue weighted by atomic mass is 9.80. The molecular weight excluding hydrogens is 866 g/mol. The maximum atomic E-state index is 16.9. The summed E-state index contributed by atoms with van der Waals surface area (Å²) in [6.07, 6.45) is 2.27. The van der Waals surface area contributed by atoms with E-state index in [1.807, 2.05) is 42.5 Å². The summed E-state index contributed by atoms with van der Waals surface area (Å²) < 4.78 is 32.7. The van der Waals surface area contributed by atoms with Gasteiger partial charge in [-0.2, -0.15) is 0 Å². The van der Waals surface area contributed by atoms with Gasteiger partial charge >= 0.3 is 29.5 Å². The minimum atomic E-state index is -3.40. The average Bonchev–Trinajstić information content (AvgIpc) is 3.22. The largest absolute Gasteiger partial charge is 0.457 e. The first-order valence-corrected chi connectivity index (χ1v) is 22.6. The van der Waals surface area contributed by atoms with Crippen LogP contribution in [-0.2, 0) is 71.1 Å². The number of amides is 5. The zero-order valence-electron chi connectivity index (χ0n) is 40.0. The third-order valence-electron chi connectivity index (χ3n) is 10.7. The zero-order valence-corrected chi connectivity index (χ0v) is 40.0. The molecule has 0 bridgehead atoms. The van der Waals surface area contributed by atoms with Crippen LogP contribution in [0.4, 0.5) is 4.39 Å². The summed E-state index contributed by atoms with van der Waals surface area (Å²) in [6.45, 7) is 13.9. The Bertz CT molecular complexity index is 2270. The third kappa shape index (κ3) is 15.3. The summed E-state index contributed by atoms with van der Waals surface area (Å²) in [4.78, 5) is 107. The van der Waals surface area contributed by atoms with E-state index in [1.54, 1.807) is 20.8 Å². The van der Waals surface area contributed by atoms with Gasteiger partial charge in [-0.1, -0.05) is 86.0 Å². The highest BCUT2D eigenvalue weighted by Crippen LogP contribution is 2.34. The van der Waals surface area contributed by atoms with Crippen LogP contribution in [0.25, 0.3) is 10.8 Å². The van der Waals surface area contributed by atoms with Gasteiger partial charge in [-0.15, -0.1) is 0 Å². The van der Waals surface area contributed by atoms with E-state index in [0.717, 1.165) is 34.9 Å². The highest BCUT2D eigenvalue weighted by Gasteiger charge is 2.54. The molecule has 2 atom stereocenters. The van der Waals surface area contributed by atoms with Gasteiger partial charge in [-0.3, -0.25) is 24.0 Å². The molecule has 6 N–H and O–H groups in total. The number of carbonyl (C=O) groups excluding carboxylic acids is 8. The number of primary amides is 1. The summed E-state index contributed by atoms with van der Waals surface area (Å²) >= 11 is 0. The Morgan fingerprint density at radius 1 is 0.687 bits per heavy atom.